The molecule has 6 rings (SSSR count). The lowest BCUT2D eigenvalue weighted by Gasteiger charge is -2.27. The quantitative estimate of drug-likeness (QED) is 0.316. The number of sulfone groups is 1. The summed E-state index contributed by atoms with van der Waals surface area (Å²) in [4.78, 5) is 22.4. The van der Waals surface area contributed by atoms with E-state index in [1.807, 2.05) is 6.07 Å². The van der Waals surface area contributed by atoms with Crippen LogP contribution < -0.4 is 10.6 Å². The van der Waals surface area contributed by atoms with Crippen LogP contribution >= 0.6 is 11.3 Å². The number of carbonyl (C=O) groups excluding carboxylic acids is 1. The summed E-state index contributed by atoms with van der Waals surface area (Å²) in [7, 11) is -4.26. The van der Waals surface area contributed by atoms with Crippen LogP contribution in [0.15, 0.2) is 64.6 Å². The fourth-order valence-corrected chi connectivity index (χ4v) is 6.98. The number of anilines is 2. The van der Waals surface area contributed by atoms with Crippen molar-refractivity contribution in [3.05, 3.63) is 71.4 Å². The summed E-state index contributed by atoms with van der Waals surface area (Å²) in [5.74, 6) is 5.00. The third kappa shape index (κ3) is 6.45. The minimum atomic E-state index is -4.26. The molecule has 14 heteroatoms. The summed E-state index contributed by atoms with van der Waals surface area (Å²) in [6, 6.07) is 9.67. The lowest BCUT2D eigenvalue weighted by Crippen LogP contribution is -2.42. The van der Waals surface area contributed by atoms with Crippen LogP contribution in [0.2, 0.25) is 0 Å². The highest BCUT2D eigenvalue weighted by Gasteiger charge is 2.28. The van der Waals surface area contributed by atoms with Crippen LogP contribution in [0.4, 0.5) is 25.1 Å². The van der Waals surface area contributed by atoms with Crippen molar-refractivity contribution in [3.63, 3.8) is 0 Å². The van der Waals surface area contributed by atoms with Gasteiger partial charge in [0.05, 0.1) is 39.2 Å². The normalized spacial score (nSPS) is 18.7. The van der Waals surface area contributed by atoms with Gasteiger partial charge < -0.3 is 19.7 Å². The fraction of sp³-hybridized carbons (Fsp3) is 0.276. The average Bonchev–Trinajstić information content (AvgIpc) is 3.63. The van der Waals surface area contributed by atoms with Crippen molar-refractivity contribution < 1.29 is 31.5 Å². The van der Waals surface area contributed by atoms with Crippen LogP contribution in [-0.2, 0) is 19.3 Å². The molecule has 4 heterocycles. The third-order valence-corrected chi connectivity index (χ3v) is 9.73. The minimum Gasteiger partial charge on any atom is -0.445 e. The first-order chi connectivity index (χ1) is 20.8. The summed E-state index contributed by atoms with van der Waals surface area (Å²) in [5, 5.41) is 6.29. The predicted molar refractivity (Wildman–Crippen MR) is 155 cm³/mol. The maximum absolute atomic E-state index is 15.0. The van der Waals surface area contributed by atoms with E-state index in [9.17, 15) is 22.0 Å². The molecule has 222 valence electrons. The first-order valence-electron chi connectivity index (χ1n) is 13.4. The number of hydrogen-bond acceptors (Lipinski definition) is 10. The molecule has 0 unspecified atom stereocenters. The number of ether oxygens (including phenoxy) is 2. The maximum atomic E-state index is 15.0. The zero-order valence-corrected chi connectivity index (χ0v) is 24.2. The van der Waals surface area contributed by atoms with Crippen LogP contribution in [-0.4, -0.2) is 74.4 Å². The third-order valence-electron chi connectivity index (χ3n) is 6.90. The van der Waals surface area contributed by atoms with Gasteiger partial charge in [0.2, 0.25) is 9.84 Å². The molecule has 2 atom stereocenters. The Morgan fingerprint density at radius 1 is 1.14 bits per heavy atom. The van der Waals surface area contributed by atoms with E-state index in [0.717, 1.165) is 29.1 Å². The number of morpholine rings is 1. The molecule has 0 radical (unpaired) electrons. The summed E-state index contributed by atoms with van der Waals surface area (Å²) in [5.41, 5.74) is 0.902. The van der Waals surface area contributed by atoms with Gasteiger partial charge in [-0.05, 0) is 42.5 Å². The molecular weight excluding hydrogens is 600 g/mol. The monoisotopic (exact) mass is 625 g/mol. The number of nitrogens with one attached hydrogen (secondary N) is 2. The first kappa shape index (κ1) is 28.9. The van der Waals surface area contributed by atoms with E-state index in [0.29, 0.717) is 55.3 Å². The number of hydrogen-bond donors (Lipinski definition) is 2. The first-order valence-corrected chi connectivity index (χ1v) is 15.7. The van der Waals surface area contributed by atoms with Gasteiger partial charge in [0, 0.05) is 31.7 Å². The Balaban J connectivity index is 1.13. The van der Waals surface area contributed by atoms with E-state index >= 15 is 0 Å². The molecule has 4 aromatic rings. The van der Waals surface area contributed by atoms with Gasteiger partial charge >= 0.3 is 6.09 Å². The Kier molecular flexibility index (Phi) is 8.22. The SMILES string of the molecule is O=C(O[C@H]1CN[C@H](C#Cc2cc3ncnc(Nc4ccc(S(=O)(=O)c5cccc(F)c5)c(F)c4)c3s2)C1)N1CCOCC1. The summed E-state index contributed by atoms with van der Waals surface area (Å²) in [6.07, 6.45) is 1.32. The molecule has 2 aromatic carbocycles. The van der Waals surface area contributed by atoms with Crippen molar-refractivity contribution in [3.8, 4) is 11.8 Å². The van der Waals surface area contributed by atoms with Gasteiger partial charge in [0.25, 0.3) is 0 Å². The molecule has 2 aromatic heterocycles. The van der Waals surface area contributed by atoms with Gasteiger partial charge in [-0.2, -0.15) is 0 Å². The minimum absolute atomic E-state index is 0.151. The Hall–Kier alpha value is -4.16. The molecule has 10 nitrogen and oxygen atoms in total. The largest absolute Gasteiger partial charge is 0.445 e. The lowest BCUT2D eigenvalue weighted by molar-refractivity contribution is 0.0156. The second-order valence-electron chi connectivity index (χ2n) is 9.85. The van der Waals surface area contributed by atoms with Crippen LogP contribution in [0.25, 0.3) is 10.2 Å². The van der Waals surface area contributed by atoms with Gasteiger partial charge in [-0.15, -0.1) is 11.3 Å². The second kappa shape index (κ2) is 12.2. The van der Waals surface area contributed by atoms with Gasteiger partial charge in [-0.3, -0.25) is 5.32 Å². The number of fused-ring (bicyclic) bond motifs is 1. The Bertz CT molecular complexity index is 1850. The van der Waals surface area contributed by atoms with Gasteiger partial charge in [0.1, 0.15) is 29.0 Å². The van der Waals surface area contributed by atoms with Crippen LogP contribution in [0, 0.1) is 23.5 Å². The number of benzene rings is 2. The van der Waals surface area contributed by atoms with Crippen molar-refractivity contribution in [2.24, 2.45) is 0 Å². The molecule has 2 N–H and O–H groups in total. The molecule has 1 amide bonds. The molecular formula is C29H25F2N5O5S2. The zero-order chi connectivity index (χ0) is 30.0. The number of thiophene rings is 1. The highest BCUT2D eigenvalue weighted by atomic mass is 32.2. The number of amides is 1. The van der Waals surface area contributed by atoms with Crippen LogP contribution in [0.5, 0.6) is 0 Å². The second-order valence-corrected chi connectivity index (χ2v) is 12.8. The summed E-state index contributed by atoms with van der Waals surface area (Å²) in [6.45, 7) is 2.57. The highest BCUT2D eigenvalue weighted by molar-refractivity contribution is 7.91. The molecule has 0 aliphatic carbocycles. The van der Waals surface area contributed by atoms with E-state index < -0.39 is 26.4 Å². The number of carbonyl (C=O) groups is 1. The Labute approximate surface area is 250 Å². The summed E-state index contributed by atoms with van der Waals surface area (Å²) < 4.78 is 65.8. The standard InChI is InChI=1S/C29H25F2N5O5S2/c30-18-2-1-3-23(12-18)43(38,39)26-7-5-20(14-24(26)31)35-28-27-25(33-17-34-28)15-22(42-27)6-4-19-13-21(16-32-19)41-29(37)36-8-10-40-11-9-36/h1-3,5,7,12,14-15,17,19,21,32H,8-11,13,16H2,(H,33,34,35)/t19-,21-/m1/s1. The summed E-state index contributed by atoms with van der Waals surface area (Å²) >= 11 is 1.35. The van der Waals surface area contributed by atoms with Crippen molar-refractivity contribution in [1.29, 1.82) is 0 Å². The number of nitrogens with zero attached hydrogens (tertiary/aromatic N) is 3. The molecule has 0 saturated carbocycles. The smallest absolute Gasteiger partial charge is 0.410 e. The van der Waals surface area contributed by atoms with Crippen molar-refractivity contribution in [2.75, 3.05) is 38.2 Å². The van der Waals surface area contributed by atoms with Crippen LogP contribution in [0.1, 0.15) is 11.3 Å². The molecule has 2 aliphatic rings. The van der Waals surface area contributed by atoms with Gasteiger partial charge in [0.15, 0.2) is 5.82 Å². The Morgan fingerprint density at radius 2 is 1.98 bits per heavy atom. The molecule has 2 saturated heterocycles. The van der Waals surface area contributed by atoms with E-state index in [1.54, 1.807) is 4.90 Å². The maximum Gasteiger partial charge on any atom is 0.410 e. The van der Waals surface area contributed by atoms with E-state index in [2.05, 4.69) is 32.4 Å². The molecule has 0 spiro atoms. The van der Waals surface area contributed by atoms with Crippen LogP contribution in [0.3, 0.4) is 0 Å². The molecule has 43 heavy (non-hydrogen) atoms. The number of aromatic nitrogens is 2. The number of rotatable bonds is 5. The van der Waals surface area contributed by atoms with Crippen molar-refractivity contribution in [2.45, 2.75) is 28.4 Å². The fourth-order valence-electron chi connectivity index (χ4n) is 4.72. The molecule has 0 bridgehead atoms. The van der Waals surface area contributed by atoms with E-state index in [-0.39, 0.29) is 28.8 Å². The zero-order valence-electron chi connectivity index (χ0n) is 22.5. The Morgan fingerprint density at radius 3 is 2.77 bits per heavy atom. The molecule has 2 fully saturated rings. The van der Waals surface area contributed by atoms with Crippen molar-refractivity contribution in [1.82, 2.24) is 20.2 Å². The van der Waals surface area contributed by atoms with Gasteiger partial charge in [-0.25, -0.2) is 32.0 Å². The highest BCUT2D eigenvalue weighted by Crippen LogP contribution is 2.32. The van der Waals surface area contributed by atoms with Crippen molar-refractivity contribution >= 4 is 49.0 Å². The van der Waals surface area contributed by atoms with E-state index in [4.69, 9.17) is 9.47 Å². The number of halogens is 2. The lowest BCUT2D eigenvalue weighted by atomic mass is 10.2. The topological polar surface area (TPSA) is 123 Å². The van der Waals surface area contributed by atoms with Gasteiger partial charge in [-0.1, -0.05) is 17.9 Å². The predicted octanol–water partition coefficient (Wildman–Crippen LogP) is 4.10. The average molecular weight is 626 g/mol. The van der Waals surface area contributed by atoms with E-state index in [1.165, 1.54) is 35.9 Å². The molecule has 2 aliphatic heterocycles.